The van der Waals surface area contributed by atoms with Crippen molar-refractivity contribution in [2.45, 2.75) is 31.6 Å². The first kappa shape index (κ1) is 18.5. The van der Waals surface area contributed by atoms with E-state index in [0.717, 1.165) is 39.4 Å². The van der Waals surface area contributed by atoms with Crippen LogP contribution in [0.1, 0.15) is 47.1 Å². The lowest BCUT2D eigenvalue weighted by molar-refractivity contribution is -0.116. The Labute approximate surface area is 174 Å². The Morgan fingerprint density at radius 3 is 2.47 bits per heavy atom. The van der Waals surface area contributed by atoms with Gasteiger partial charge in [-0.3, -0.25) is 4.79 Å². The van der Waals surface area contributed by atoms with E-state index in [1.807, 2.05) is 43.3 Å². The minimum atomic E-state index is -0.221. The molecule has 2 unspecified atom stereocenters. The summed E-state index contributed by atoms with van der Waals surface area (Å²) in [5.41, 5.74) is 5.40. The van der Waals surface area contributed by atoms with E-state index >= 15 is 0 Å². The number of aromatic nitrogens is 1. The minimum Gasteiger partial charge on any atom is -0.508 e. The van der Waals surface area contributed by atoms with E-state index in [2.05, 4.69) is 10.5 Å². The van der Waals surface area contributed by atoms with Gasteiger partial charge in [-0.2, -0.15) is 0 Å². The number of nitrogens with one attached hydrogen (secondary N) is 1. The summed E-state index contributed by atoms with van der Waals surface area (Å²) < 4.78 is 10.9. The third-order valence-corrected chi connectivity index (χ3v) is 6.07. The fraction of sp³-hybridized carbons (Fsp3) is 0.250. The van der Waals surface area contributed by atoms with E-state index in [0.29, 0.717) is 18.7 Å². The monoisotopic (exact) mass is 402 g/mol. The van der Waals surface area contributed by atoms with E-state index in [1.165, 1.54) is 0 Å². The first-order valence-electron chi connectivity index (χ1n) is 9.97. The highest BCUT2D eigenvalue weighted by molar-refractivity contribution is 6.01. The number of phenols is 1. The van der Waals surface area contributed by atoms with Crippen LogP contribution in [0.3, 0.4) is 0 Å². The summed E-state index contributed by atoms with van der Waals surface area (Å²) in [5.74, 6) is 1.54. The summed E-state index contributed by atoms with van der Waals surface area (Å²) in [6.07, 6.45) is 1.12. The van der Waals surface area contributed by atoms with Crippen LogP contribution in [-0.4, -0.2) is 23.2 Å². The van der Waals surface area contributed by atoms with E-state index in [9.17, 15) is 9.90 Å². The molecule has 0 fully saturated rings. The fourth-order valence-corrected chi connectivity index (χ4v) is 4.58. The van der Waals surface area contributed by atoms with Crippen LogP contribution in [0.2, 0.25) is 0 Å². The lowest BCUT2D eigenvalue weighted by atomic mass is 9.72. The zero-order valence-corrected chi connectivity index (χ0v) is 16.8. The van der Waals surface area contributed by atoms with Gasteiger partial charge in [0, 0.05) is 23.6 Å². The Kier molecular flexibility index (Phi) is 4.35. The molecule has 0 amide bonds. The molecule has 0 saturated carbocycles. The zero-order valence-electron chi connectivity index (χ0n) is 16.8. The van der Waals surface area contributed by atoms with Crippen molar-refractivity contribution in [2.24, 2.45) is 0 Å². The molecular weight excluding hydrogens is 380 g/mol. The predicted molar refractivity (Wildman–Crippen MR) is 112 cm³/mol. The second-order valence-electron chi connectivity index (χ2n) is 7.85. The Balaban J connectivity index is 1.59. The SMILES string of the molecule is COc1ccc(C2C3=C(CC(c4ccc(O)cc4)CC3=O)Nc3onc(C)c32)cc1. The van der Waals surface area contributed by atoms with Crippen LogP contribution < -0.4 is 10.1 Å². The van der Waals surface area contributed by atoms with Crippen LogP contribution in [-0.2, 0) is 4.79 Å². The number of ether oxygens (including phenoxy) is 1. The predicted octanol–water partition coefficient (Wildman–Crippen LogP) is 4.66. The van der Waals surface area contributed by atoms with Crippen molar-refractivity contribution in [3.63, 3.8) is 0 Å². The standard InChI is InChI=1S/C24H22N2O4/c1-13-21-22(15-5-9-18(29-2)10-6-15)23-19(25-24(21)30-26-13)11-16(12-20(23)28)14-3-7-17(27)8-4-14/h3-10,16,22,25,27H,11-12H2,1-2H3. The second-order valence-corrected chi connectivity index (χ2v) is 7.85. The largest absolute Gasteiger partial charge is 0.508 e. The summed E-state index contributed by atoms with van der Waals surface area (Å²) in [7, 11) is 1.64. The number of benzene rings is 2. The molecule has 0 spiro atoms. The van der Waals surface area contributed by atoms with E-state index in [1.54, 1.807) is 19.2 Å². The molecule has 6 heteroatoms. The second kappa shape index (κ2) is 7.06. The number of fused-ring (bicyclic) bond motifs is 1. The quantitative estimate of drug-likeness (QED) is 0.663. The maximum Gasteiger partial charge on any atom is 0.233 e. The maximum atomic E-state index is 13.4. The first-order chi connectivity index (χ1) is 14.5. The average molecular weight is 402 g/mol. The number of anilines is 1. The number of allylic oxidation sites excluding steroid dienone is 2. The average Bonchev–Trinajstić information content (AvgIpc) is 3.13. The Bertz CT molecular complexity index is 1140. The molecule has 2 N–H and O–H groups in total. The van der Waals surface area contributed by atoms with Gasteiger partial charge in [0.15, 0.2) is 5.78 Å². The van der Waals surface area contributed by atoms with Crippen LogP contribution in [0.4, 0.5) is 5.88 Å². The maximum absolute atomic E-state index is 13.4. The molecule has 1 aliphatic heterocycles. The van der Waals surface area contributed by atoms with Gasteiger partial charge in [-0.1, -0.05) is 29.4 Å². The van der Waals surface area contributed by atoms with E-state index < -0.39 is 0 Å². The Hall–Kier alpha value is -3.54. The van der Waals surface area contributed by atoms with Crippen LogP contribution in [0.15, 0.2) is 64.3 Å². The van der Waals surface area contributed by atoms with E-state index in [4.69, 9.17) is 9.26 Å². The van der Waals surface area contributed by atoms with Crippen molar-refractivity contribution < 1.29 is 19.2 Å². The van der Waals surface area contributed by atoms with Gasteiger partial charge in [-0.25, -0.2) is 0 Å². The molecule has 0 radical (unpaired) electrons. The fourth-order valence-electron chi connectivity index (χ4n) is 4.58. The summed E-state index contributed by atoms with van der Waals surface area (Å²) in [6.45, 7) is 1.90. The molecule has 152 valence electrons. The molecule has 1 aliphatic carbocycles. The van der Waals surface area contributed by atoms with Gasteiger partial charge in [-0.05, 0) is 54.7 Å². The Morgan fingerprint density at radius 1 is 1.07 bits per heavy atom. The van der Waals surface area contributed by atoms with Crippen molar-refractivity contribution in [3.8, 4) is 11.5 Å². The van der Waals surface area contributed by atoms with Crippen molar-refractivity contribution >= 4 is 11.7 Å². The molecule has 2 aliphatic rings. The summed E-state index contributed by atoms with van der Waals surface area (Å²) >= 11 is 0. The van der Waals surface area contributed by atoms with Gasteiger partial charge in [-0.15, -0.1) is 0 Å². The molecule has 5 rings (SSSR count). The van der Waals surface area contributed by atoms with Gasteiger partial charge >= 0.3 is 0 Å². The number of phenolic OH excluding ortho intramolecular Hbond substituents is 1. The van der Waals surface area contributed by atoms with Crippen LogP contribution in [0.5, 0.6) is 11.5 Å². The van der Waals surface area contributed by atoms with E-state index in [-0.39, 0.29) is 23.4 Å². The molecular formula is C24H22N2O4. The minimum absolute atomic E-state index is 0.0476. The number of ketones is 1. The highest BCUT2D eigenvalue weighted by Crippen LogP contribution is 2.49. The zero-order chi connectivity index (χ0) is 20.8. The van der Waals surface area contributed by atoms with Gasteiger partial charge in [0.25, 0.3) is 0 Å². The third kappa shape index (κ3) is 2.96. The number of hydrogen-bond acceptors (Lipinski definition) is 6. The van der Waals surface area contributed by atoms with Crippen LogP contribution in [0.25, 0.3) is 0 Å². The van der Waals surface area contributed by atoms with Crippen LogP contribution in [0, 0.1) is 6.92 Å². The van der Waals surface area contributed by atoms with Crippen molar-refractivity contribution in [1.29, 1.82) is 0 Å². The summed E-state index contributed by atoms with van der Waals surface area (Å²) in [5, 5.41) is 17.1. The molecule has 2 aromatic carbocycles. The summed E-state index contributed by atoms with van der Waals surface area (Å²) in [6, 6.07) is 14.9. The lowest BCUT2D eigenvalue weighted by Crippen LogP contribution is -2.29. The number of nitrogens with zero attached hydrogens (tertiary/aromatic N) is 1. The molecule has 3 aromatic rings. The number of Topliss-reactive ketones (excluding diaryl/α,β-unsaturated/α-hetero) is 1. The Morgan fingerprint density at radius 2 is 1.77 bits per heavy atom. The highest BCUT2D eigenvalue weighted by Gasteiger charge is 2.41. The number of aryl methyl sites for hydroxylation is 1. The molecule has 1 aromatic heterocycles. The lowest BCUT2D eigenvalue weighted by Gasteiger charge is -2.34. The smallest absolute Gasteiger partial charge is 0.233 e. The number of carbonyl (C=O) groups is 1. The number of aromatic hydroxyl groups is 1. The summed E-state index contributed by atoms with van der Waals surface area (Å²) in [4.78, 5) is 13.4. The van der Waals surface area contributed by atoms with Crippen molar-refractivity contribution in [3.05, 3.63) is 82.2 Å². The molecule has 30 heavy (non-hydrogen) atoms. The van der Waals surface area contributed by atoms with Gasteiger partial charge in [0.05, 0.1) is 18.4 Å². The van der Waals surface area contributed by atoms with Crippen molar-refractivity contribution in [1.82, 2.24) is 5.16 Å². The number of carbonyl (C=O) groups excluding carboxylic acids is 1. The number of hydrogen-bond donors (Lipinski definition) is 2. The normalized spacial score (nSPS) is 20.4. The molecule has 0 bridgehead atoms. The topological polar surface area (TPSA) is 84.6 Å². The number of rotatable bonds is 3. The van der Waals surface area contributed by atoms with Crippen LogP contribution >= 0.6 is 0 Å². The molecule has 2 heterocycles. The number of methoxy groups -OCH3 is 1. The van der Waals surface area contributed by atoms with Gasteiger partial charge in [0.2, 0.25) is 5.88 Å². The molecule has 0 saturated heterocycles. The van der Waals surface area contributed by atoms with Gasteiger partial charge < -0.3 is 19.7 Å². The first-order valence-corrected chi connectivity index (χ1v) is 9.97. The highest BCUT2D eigenvalue weighted by atomic mass is 16.5. The molecule has 6 nitrogen and oxygen atoms in total. The van der Waals surface area contributed by atoms with Gasteiger partial charge in [0.1, 0.15) is 11.5 Å². The molecule has 2 atom stereocenters. The third-order valence-electron chi connectivity index (χ3n) is 6.07. The van der Waals surface area contributed by atoms with Crippen molar-refractivity contribution in [2.75, 3.05) is 12.4 Å².